The Morgan fingerprint density at radius 3 is 2.62 bits per heavy atom. The highest BCUT2D eigenvalue weighted by Gasteiger charge is 2.35. The summed E-state index contributed by atoms with van der Waals surface area (Å²) >= 11 is 0. The Balaban J connectivity index is 2.98. The Bertz CT molecular complexity index is 596. The van der Waals surface area contributed by atoms with Crippen LogP contribution in [-0.4, -0.2) is 26.3 Å². The lowest BCUT2D eigenvalue weighted by Gasteiger charge is -2.14. The fourth-order valence-electron chi connectivity index (χ4n) is 1.92. The minimum absolute atomic E-state index is 0.0333. The fourth-order valence-corrected chi connectivity index (χ4v) is 1.92. The van der Waals surface area contributed by atoms with Gasteiger partial charge in [-0.3, -0.25) is 0 Å². The molecule has 0 aliphatic carbocycles. The largest absolute Gasteiger partial charge is 0.489 e. The van der Waals surface area contributed by atoms with Crippen molar-refractivity contribution in [1.29, 1.82) is 0 Å². The summed E-state index contributed by atoms with van der Waals surface area (Å²) in [4.78, 5) is 8.11. The van der Waals surface area contributed by atoms with Gasteiger partial charge in [0.05, 0.1) is 5.56 Å². The molecule has 0 saturated heterocycles. The summed E-state index contributed by atoms with van der Waals surface area (Å²) in [5, 5.41) is 3.54. The molecule has 0 N–H and O–H groups in total. The molecule has 0 heterocycles. The molecule has 0 saturated carbocycles. The molecule has 0 fully saturated rings. The first kappa shape index (κ1) is 19.7. The maximum atomic E-state index is 13.2. The van der Waals surface area contributed by atoms with Crippen LogP contribution in [0.5, 0.6) is 5.75 Å². The topological polar surface area (TPSA) is 43.2 Å². The molecule has 24 heavy (non-hydrogen) atoms. The zero-order valence-electron chi connectivity index (χ0n) is 13.8. The predicted molar refractivity (Wildman–Crippen MR) is 88.7 cm³/mol. The number of ether oxygens (including phenoxy) is 1. The van der Waals surface area contributed by atoms with Gasteiger partial charge in [0, 0.05) is 5.56 Å². The van der Waals surface area contributed by atoms with Gasteiger partial charge in [0.15, 0.2) is 5.84 Å². The minimum Gasteiger partial charge on any atom is -0.489 e. The molecule has 132 valence electrons. The van der Waals surface area contributed by atoms with Crippen LogP contribution in [0.4, 0.5) is 13.2 Å². The van der Waals surface area contributed by atoms with E-state index in [1.54, 1.807) is 6.08 Å². The number of aliphatic imine (C=N–C) groups is 1. The molecule has 0 radical (unpaired) electrons. The van der Waals surface area contributed by atoms with Crippen LogP contribution in [0.25, 0.3) is 0 Å². The van der Waals surface area contributed by atoms with Crippen LogP contribution in [0.15, 0.2) is 40.5 Å². The quantitative estimate of drug-likeness (QED) is 0.223. The highest BCUT2D eigenvalue weighted by atomic mass is 19.4. The number of hydrogen-bond acceptors (Lipinski definition) is 3. The van der Waals surface area contributed by atoms with Crippen LogP contribution in [0.3, 0.4) is 0 Å². The average molecular weight is 342 g/mol. The lowest BCUT2D eigenvalue weighted by atomic mass is 10.1. The van der Waals surface area contributed by atoms with Crippen molar-refractivity contribution in [3.63, 3.8) is 0 Å². The van der Waals surface area contributed by atoms with E-state index >= 15 is 0 Å². The number of amidine groups is 1. The third kappa shape index (κ3) is 6.06. The van der Waals surface area contributed by atoms with Gasteiger partial charge in [-0.1, -0.05) is 37.1 Å². The van der Waals surface area contributed by atoms with Crippen molar-refractivity contribution in [3.05, 3.63) is 41.5 Å². The third-order valence-corrected chi connectivity index (χ3v) is 3.10. The second-order valence-electron chi connectivity index (χ2n) is 4.89. The SMILES string of the molecule is C=N/C(=N\OC)c1ccc(OC/C=C/CCCC)c(C(F)(F)F)c1. The Morgan fingerprint density at radius 1 is 1.29 bits per heavy atom. The number of halogens is 3. The smallest absolute Gasteiger partial charge is 0.419 e. The van der Waals surface area contributed by atoms with Crippen LogP contribution >= 0.6 is 0 Å². The summed E-state index contributed by atoms with van der Waals surface area (Å²) in [5.41, 5.74) is -0.751. The second kappa shape index (κ2) is 9.75. The lowest BCUT2D eigenvalue weighted by Crippen LogP contribution is -2.11. The van der Waals surface area contributed by atoms with Gasteiger partial charge in [-0.05, 0) is 31.3 Å². The normalized spacial score (nSPS) is 12.5. The third-order valence-electron chi connectivity index (χ3n) is 3.10. The maximum Gasteiger partial charge on any atom is 0.419 e. The van der Waals surface area contributed by atoms with E-state index in [0.717, 1.165) is 25.3 Å². The van der Waals surface area contributed by atoms with Crippen molar-refractivity contribution in [3.8, 4) is 5.75 Å². The number of unbranched alkanes of at least 4 members (excludes halogenated alkanes) is 2. The summed E-state index contributed by atoms with van der Waals surface area (Å²) in [6, 6.07) is 3.59. The highest BCUT2D eigenvalue weighted by Crippen LogP contribution is 2.37. The Labute approximate surface area is 139 Å². The summed E-state index contributed by atoms with van der Waals surface area (Å²) in [5.74, 6) is -0.277. The van der Waals surface area contributed by atoms with Crippen molar-refractivity contribution >= 4 is 12.6 Å². The molecule has 0 unspecified atom stereocenters. The molecule has 1 aromatic rings. The molecule has 0 aromatic heterocycles. The Morgan fingerprint density at radius 2 is 2.04 bits per heavy atom. The molecular weight excluding hydrogens is 321 g/mol. The average Bonchev–Trinajstić information content (AvgIpc) is 2.55. The Kier molecular flexibility index (Phi) is 8.01. The van der Waals surface area contributed by atoms with Gasteiger partial charge in [0.2, 0.25) is 0 Å². The van der Waals surface area contributed by atoms with Gasteiger partial charge < -0.3 is 9.57 Å². The lowest BCUT2D eigenvalue weighted by molar-refractivity contribution is -0.138. The van der Waals surface area contributed by atoms with E-state index in [9.17, 15) is 13.2 Å². The van der Waals surface area contributed by atoms with Gasteiger partial charge in [-0.25, -0.2) is 4.99 Å². The molecule has 0 aliphatic rings. The molecule has 0 amide bonds. The van der Waals surface area contributed by atoms with E-state index in [1.165, 1.54) is 19.2 Å². The number of rotatable bonds is 8. The molecule has 0 bridgehead atoms. The van der Waals surface area contributed by atoms with Crippen LogP contribution in [0.2, 0.25) is 0 Å². The summed E-state index contributed by atoms with van der Waals surface area (Å²) in [6.07, 6.45) is 2.04. The van der Waals surface area contributed by atoms with Crippen molar-refractivity contribution in [2.45, 2.75) is 32.4 Å². The summed E-state index contributed by atoms with van der Waals surface area (Å²) in [6.45, 7) is 5.42. The van der Waals surface area contributed by atoms with E-state index in [2.05, 4.69) is 28.6 Å². The first-order valence-corrected chi connectivity index (χ1v) is 7.51. The van der Waals surface area contributed by atoms with Gasteiger partial charge in [-0.2, -0.15) is 13.2 Å². The molecule has 4 nitrogen and oxygen atoms in total. The monoisotopic (exact) mass is 342 g/mol. The van der Waals surface area contributed by atoms with Gasteiger partial charge in [0.1, 0.15) is 19.5 Å². The first-order valence-electron chi connectivity index (χ1n) is 7.51. The standard InChI is InChI=1S/C17H21F3N2O2/c1-4-5-6-7-8-11-24-15-10-9-13(16(21-2)22-23-3)12-14(15)17(18,19)20/h7-10,12H,2,4-6,11H2,1,3H3/b8-7+,22-16-. The molecule has 1 aromatic carbocycles. The van der Waals surface area contributed by atoms with Crippen molar-refractivity contribution in [2.75, 3.05) is 13.7 Å². The zero-order valence-corrected chi connectivity index (χ0v) is 13.8. The maximum absolute atomic E-state index is 13.2. The number of hydrogen-bond donors (Lipinski definition) is 0. The number of alkyl halides is 3. The van der Waals surface area contributed by atoms with E-state index in [0.29, 0.717) is 0 Å². The number of oxime groups is 1. The summed E-state index contributed by atoms with van der Waals surface area (Å²) in [7, 11) is 1.28. The van der Waals surface area contributed by atoms with Crippen molar-refractivity contribution in [2.24, 2.45) is 10.1 Å². The second-order valence-corrected chi connectivity index (χ2v) is 4.89. The molecule has 7 heteroatoms. The van der Waals surface area contributed by atoms with Gasteiger partial charge in [0.25, 0.3) is 0 Å². The van der Waals surface area contributed by atoms with Crippen molar-refractivity contribution in [1.82, 2.24) is 0 Å². The van der Waals surface area contributed by atoms with Crippen LogP contribution < -0.4 is 4.74 Å². The molecule has 0 aliphatic heterocycles. The van der Waals surface area contributed by atoms with E-state index < -0.39 is 11.7 Å². The fraction of sp³-hybridized carbons (Fsp3) is 0.412. The number of benzene rings is 1. The van der Waals surface area contributed by atoms with Crippen LogP contribution in [-0.2, 0) is 11.0 Å². The Hall–Kier alpha value is -2.31. The molecule has 0 atom stereocenters. The molecule has 1 rings (SSSR count). The minimum atomic E-state index is -4.56. The van der Waals surface area contributed by atoms with E-state index in [-0.39, 0.29) is 23.8 Å². The van der Waals surface area contributed by atoms with Crippen molar-refractivity contribution < 1.29 is 22.7 Å². The molecular formula is C17H21F3N2O2. The highest BCUT2D eigenvalue weighted by molar-refractivity contribution is 6.01. The number of allylic oxidation sites excluding steroid dienone is 1. The number of nitrogens with zero attached hydrogens (tertiary/aromatic N) is 2. The predicted octanol–water partition coefficient (Wildman–Crippen LogP) is 4.84. The van der Waals surface area contributed by atoms with E-state index in [4.69, 9.17) is 4.74 Å². The zero-order chi connectivity index (χ0) is 18.0. The van der Waals surface area contributed by atoms with Gasteiger partial charge >= 0.3 is 6.18 Å². The van der Waals surface area contributed by atoms with Gasteiger partial charge in [-0.15, -0.1) is 0 Å². The molecule has 0 spiro atoms. The van der Waals surface area contributed by atoms with Crippen LogP contribution in [0.1, 0.15) is 37.3 Å². The van der Waals surface area contributed by atoms with E-state index in [1.807, 2.05) is 6.08 Å². The van der Waals surface area contributed by atoms with Crippen LogP contribution in [0, 0.1) is 0 Å². The first-order chi connectivity index (χ1) is 11.4. The summed E-state index contributed by atoms with van der Waals surface area (Å²) < 4.78 is 45.0.